The number of carbonyl (C=O) groups excluding carboxylic acids is 1. The topological polar surface area (TPSA) is 78.8 Å². The number of hydrogen-bond acceptors (Lipinski definition) is 4. The van der Waals surface area contributed by atoms with Crippen molar-refractivity contribution in [1.29, 1.82) is 0 Å². The highest BCUT2D eigenvalue weighted by Gasteiger charge is 2.28. The Bertz CT molecular complexity index is 470. The zero-order chi connectivity index (χ0) is 15.9. The lowest BCUT2D eigenvalue weighted by Crippen LogP contribution is -2.54. The van der Waals surface area contributed by atoms with E-state index in [0.717, 1.165) is 0 Å². The molecule has 1 rings (SSSR count). The number of rotatable bonds is 8. The molecule has 0 bridgehead atoms. The van der Waals surface area contributed by atoms with Crippen molar-refractivity contribution in [2.45, 2.75) is 25.3 Å². The fourth-order valence-corrected chi connectivity index (χ4v) is 1.92. The van der Waals surface area contributed by atoms with E-state index in [9.17, 15) is 15.0 Å². The van der Waals surface area contributed by atoms with E-state index >= 15 is 0 Å². The molecule has 0 aromatic heterocycles. The Morgan fingerprint density at radius 2 is 1.95 bits per heavy atom. The first-order chi connectivity index (χ1) is 9.96. The van der Waals surface area contributed by atoms with Crippen molar-refractivity contribution in [3.63, 3.8) is 0 Å². The van der Waals surface area contributed by atoms with Gasteiger partial charge in [0.2, 0.25) is 5.91 Å². The van der Waals surface area contributed by atoms with Crippen molar-refractivity contribution in [2.75, 3.05) is 19.8 Å². The minimum absolute atomic E-state index is 0.0992. The predicted molar refractivity (Wildman–Crippen MR) is 81.9 cm³/mol. The van der Waals surface area contributed by atoms with E-state index in [1.165, 1.54) is 0 Å². The van der Waals surface area contributed by atoms with E-state index < -0.39 is 5.54 Å². The van der Waals surface area contributed by atoms with E-state index in [2.05, 4.69) is 5.32 Å². The molecule has 1 aromatic rings. The van der Waals surface area contributed by atoms with Gasteiger partial charge in [-0.1, -0.05) is 30.1 Å². The Hall–Kier alpha value is -1.01. The van der Waals surface area contributed by atoms with Gasteiger partial charge < -0.3 is 20.3 Å². The summed E-state index contributed by atoms with van der Waals surface area (Å²) >= 11 is 11.6. The molecule has 0 atom stereocenters. The fourth-order valence-electron chi connectivity index (χ4n) is 1.63. The first-order valence-corrected chi connectivity index (χ1v) is 7.32. The number of nitrogens with one attached hydrogen (secondary N) is 1. The second kappa shape index (κ2) is 8.44. The molecule has 0 aliphatic rings. The van der Waals surface area contributed by atoms with Gasteiger partial charge >= 0.3 is 0 Å². The molecule has 1 amide bonds. The Balaban J connectivity index is 2.44. The quantitative estimate of drug-likeness (QED) is 0.679. The molecule has 1 aromatic carbocycles. The molecule has 3 N–H and O–H groups in total. The van der Waals surface area contributed by atoms with E-state index in [0.29, 0.717) is 22.2 Å². The van der Waals surface area contributed by atoms with Gasteiger partial charge in [0, 0.05) is 6.07 Å². The van der Waals surface area contributed by atoms with Crippen molar-refractivity contribution in [3.05, 3.63) is 28.2 Å². The van der Waals surface area contributed by atoms with Gasteiger partial charge in [0.05, 0.1) is 41.8 Å². The molecular formula is C14H19Cl2NO4. The average molecular weight is 336 g/mol. The first-order valence-electron chi connectivity index (χ1n) is 6.57. The molecule has 0 spiro atoms. The molecule has 0 saturated heterocycles. The van der Waals surface area contributed by atoms with Crippen molar-refractivity contribution in [1.82, 2.24) is 5.32 Å². The third kappa shape index (κ3) is 5.36. The lowest BCUT2D eigenvalue weighted by molar-refractivity contribution is -0.125. The van der Waals surface area contributed by atoms with Gasteiger partial charge in [-0.05, 0) is 18.6 Å². The number of aliphatic hydroxyl groups is 2. The summed E-state index contributed by atoms with van der Waals surface area (Å²) in [5, 5.41) is 21.9. The van der Waals surface area contributed by atoms with E-state index in [-0.39, 0.29) is 32.1 Å². The molecule has 0 fully saturated rings. The largest absolute Gasteiger partial charge is 0.493 e. The zero-order valence-corrected chi connectivity index (χ0v) is 13.2. The lowest BCUT2D eigenvalue weighted by Gasteiger charge is -2.29. The van der Waals surface area contributed by atoms with Crippen LogP contribution in [0.4, 0.5) is 0 Å². The number of aliphatic hydroxyl groups excluding tert-OH is 2. The second-order valence-electron chi connectivity index (χ2n) is 4.67. The van der Waals surface area contributed by atoms with Gasteiger partial charge in [-0.3, -0.25) is 4.79 Å². The summed E-state index contributed by atoms with van der Waals surface area (Å²) in [6.07, 6.45) is 0.529. The smallest absolute Gasteiger partial charge is 0.224 e. The Morgan fingerprint density at radius 3 is 2.48 bits per heavy atom. The third-order valence-corrected chi connectivity index (χ3v) is 3.91. The van der Waals surface area contributed by atoms with Crippen LogP contribution in [0.3, 0.4) is 0 Å². The summed E-state index contributed by atoms with van der Waals surface area (Å²) in [4.78, 5) is 11.8. The normalized spacial score (nSPS) is 11.3. The van der Waals surface area contributed by atoms with E-state index in [4.69, 9.17) is 27.9 Å². The van der Waals surface area contributed by atoms with Gasteiger partial charge in [-0.2, -0.15) is 0 Å². The molecule has 0 saturated carbocycles. The summed E-state index contributed by atoms with van der Waals surface area (Å²) < 4.78 is 5.40. The molecule has 7 heteroatoms. The summed E-state index contributed by atoms with van der Waals surface area (Å²) in [6.45, 7) is 1.29. The molecule has 0 heterocycles. The highest BCUT2D eigenvalue weighted by Crippen LogP contribution is 2.26. The molecular weight excluding hydrogens is 317 g/mol. The number of hydrogen-bond donors (Lipinski definition) is 3. The van der Waals surface area contributed by atoms with Crippen LogP contribution in [0, 0.1) is 0 Å². The molecule has 0 aliphatic heterocycles. The molecule has 0 unspecified atom stereocenters. The van der Waals surface area contributed by atoms with Crippen LogP contribution >= 0.6 is 23.2 Å². The Kier molecular flexibility index (Phi) is 7.25. The van der Waals surface area contributed by atoms with Crippen LogP contribution in [-0.4, -0.2) is 41.5 Å². The van der Waals surface area contributed by atoms with Crippen molar-refractivity contribution < 1.29 is 19.7 Å². The summed E-state index contributed by atoms with van der Waals surface area (Å²) in [7, 11) is 0. The van der Waals surface area contributed by atoms with Gasteiger partial charge in [-0.25, -0.2) is 0 Å². The summed E-state index contributed by atoms with van der Waals surface area (Å²) in [5.74, 6) is 0.211. The van der Waals surface area contributed by atoms with Crippen LogP contribution in [0.5, 0.6) is 5.75 Å². The summed E-state index contributed by atoms with van der Waals surface area (Å²) in [6, 6.07) is 4.84. The standard InChI is InChI=1S/C14H19Cl2NO4/c1-2-14(8-18,9-19)17-13(20)5-6-21-10-3-4-11(15)12(16)7-10/h3-4,7,18-19H,2,5-6,8-9H2,1H3,(H,17,20). The van der Waals surface area contributed by atoms with Crippen LogP contribution in [0.1, 0.15) is 19.8 Å². The zero-order valence-electron chi connectivity index (χ0n) is 11.7. The maximum Gasteiger partial charge on any atom is 0.224 e. The Morgan fingerprint density at radius 1 is 1.29 bits per heavy atom. The van der Waals surface area contributed by atoms with Crippen molar-refractivity contribution in [3.8, 4) is 5.75 Å². The maximum absolute atomic E-state index is 11.8. The van der Waals surface area contributed by atoms with Crippen LogP contribution in [0.15, 0.2) is 18.2 Å². The van der Waals surface area contributed by atoms with Gasteiger partial charge in [0.1, 0.15) is 5.75 Å². The van der Waals surface area contributed by atoms with E-state index in [1.807, 2.05) is 0 Å². The van der Waals surface area contributed by atoms with Gasteiger partial charge in [0.15, 0.2) is 0 Å². The lowest BCUT2D eigenvalue weighted by atomic mass is 9.98. The minimum atomic E-state index is -0.985. The number of benzene rings is 1. The number of ether oxygens (including phenoxy) is 1. The first kappa shape index (κ1) is 18.0. The number of amides is 1. The predicted octanol–water partition coefficient (Wildman–Crippen LogP) is 2.01. The number of carbonyl (C=O) groups is 1. The molecule has 0 radical (unpaired) electrons. The third-order valence-electron chi connectivity index (χ3n) is 3.18. The molecule has 118 valence electrons. The minimum Gasteiger partial charge on any atom is -0.493 e. The monoisotopic (exact) mass is 335 g/mol. The van der Waals surface area contributed by atoms with Crippen LogP contribution < -0.4 is 10.1 Å². The maximum atomic E-state index is 11.8. The molecule has 21 heavy (non-hydrogen) atoms. The molecule has 5 nitrogen and oxygen atoms in total. The van der Waals surface area contributed by atoms with Gasteiger partial charge in [-0.15, -0.1) is 0 Å². The SMILES string of the molecule is CCC(CO)(CO)NC(=O)CCOc1ccc(Cl)c(Cl)c1. The van der Waals surface area contributed by atoms with Crippen molar-refractivity contribution >= 4 is 29.1 Å². The van der Waals surface area contributed by atoms with Crippen LogP contribution in [0.25, 0.3) is 0 Å². The summed E-state index contributed by atoms with van der Waals surface area (Å²) in [5.41, 5.74) is -0.985. The highest BCUT2D eigenvalue weighted by atomic mass is 35.5. The highest BCUT2D eigenvalue weighted by molar-refractivity contribution is 6.42. The van der Waals surface area contributed by atoms with Crippen LogP contribution in [-0.2, 0) is 4.79 Å². The fraction of sp³-hybridized carbons (Fsp3) is 0.500. The number of halogens is 2. The van der Waals surface area contributed by atoms with Crippen molar-refractivity contribution in [2.24, 2.45) is 0 Å². The second-order valence-corrected chi connectivity index (χ2v) is 5.49. The van der Waals surface area contributed by atoms with Gasteiger partial charge in [0.25, 0.3) is 0 Å². The van der Waals surface area contributed by atoms with Crippen LogP contribution in [0.2, 0.25) is 10.0 Å². The average Bonchev–Trinajstić information content (AvgIpc) is 2.48. The Labute approximate surface area is 133 Å². The van der Waals surface area contributed by atoms with E-state index in [1.54, 1.807) is 25.1 Å². The molecule has 0 aliphatic carbocycles.